The number of piperidine rings is 1. The number of H-pyrrole nitrogens is 1. The molecule has 370 valence electrons. The van der Waals surface area contributed by atoms with E-state index in [2.05, 4.69) is 78.2 Å². The summed E-state index contributed by atoms with van der Waals surface area (Å²) in [6, 6.07) is 18.9. The van der Waals surface area contributed by atoms with Crippen LogP contribution in [0.25, 0.3) is 11.1 Å². The summed E-state index contributed by atoms with van der Waals surface area (Å²) in [6.07, 6.45) is 3.41. The number of benzene rings is 3. The molecule has 3 aromatic carbocycles. The van der Waals surface area contributed by atoms with E-state index in [9.17, 15) is 33.6 Å². The molecule has 5 heterocycles. The Morgan fingerprint density at radius 1 is 0.814 bits per heavy atom. The van der Waals surface area contributed by atoms with Gasteiger partial charge < -0.3 is 30.6 Å². The Labute approximate surface area is 408 Å². The highest BCUT2D eigenvalue weighted by atomic mass is 16.5. The van der Waals surface area contributed by atoms with Gasteiger partial charge in [0.2, 0.25) is 17.7 Å². The van der Waals surface area contributed by atoms with Gasteiger partial charge in [0.25, 0.3) is 23.3 Å². The number of aryl methyl sites for hydroxylation is 2. The van der Waals surface area contributed by atoms with Crippen LogP contribution in [0.5, 0.6) is 0 Å². The molecule has 6 amide bonds. The van der Waals surface area contributed by atoms with Crippen molar-refractivity contribution >= 4 is 46.8 Å². The molecule has 17 heteroatoms. The van der Waals surface area contributed by atoms with Crippen LogP contribution in [0.1, 0.15) is 104 Å². The molecule has 1 aromatic heterocycles. The standard InChI is InChI=1S/C53H65N9O8/c1-5-61(39-17-25-70-26-18-39)45-29-38(28-41(35(45)4)49(65)56-30-42-33(2)27-34(3)57-50(42)66)37-13-11-36(12-14-37)31-59-21-23-60(24-22-59)32-47(64)55-20-7-6-19-54-43-10-8-9-40-48(43)53(69)62(52(40)68)44-15-16-46(63)58-51(44)67/h8-14,27-29,39,44,54H,5-7,15-26,30-32H2,1-4H3,(H,55,64)(H,56,65)(H,57,66)(H,58,63,67). The number of anilines is 2. The van der Waals surface area contributed by atoms with Crippen LogP contribution in [0, 0.1) is 20.8 Å². The zero-order chi connectivity index (χ0) is 49.5. The minimum absolute atomic E-state index is 0.0261. The second-order valence-electron chi connectivity index (χ2n) is 18.8. The highest BCUT2D eigenvalue weighted by molar-refractivity contribution is 6.25. The molecule has 8 rings (SSSR count). The fraction of sp³-hybridized carbons (Fsp3) is 0.453. The highest BCUT2D eigenvalue weighted by Crippen LogP contribution is 2.35. The van der Waals surface area contributed by atoms with E-state index >= 15 is 0 Å². The molecule has 4 aliphatic rings. The highest BCUT2D eigenvalue weighted by Gasteiger charge is 2.45. The fourth-order valence-corrected chi connectivity index (χ4v) is 10.2. The lowest BCUT2D eigenvalue weighted by Gasteiger charge is -2.37. The van der Waals surface area contributed by atoms with Crippen molar-refractivity contribution < 1.29 is 33.5 Å². The Bertz CT molecular complexity index is 2690. The number of carbonyl (C=O) groups is 6. The Kier molecular flexibility index (Phi) is 15.9. The number of nitrogens with zero attached hydrogens (tertiary/aromatic N) is 4. The Balaban J connectivity index is 0.801. The van der Waals surface area contributed by atoms with Crippen LogP contribution < -0.4 is 31.7 Å². The second-order valence-corrected chi connectivity index (χ2v) is 18.8. The number of fused-ring (bicyclic) bond motifs is 1. The molecule has 1 unspecified atom stereocenters. The van der Waals surface area contributed by atoms with Gasteiger partial charge in [-0.05, 0) is 118 Å². The SMILES string of the molecule is CCN(c1cc(-c2ccc(CN3CCN(CC(=O)NCCCCNc4cccc5c4C(=O)N(C4CCC(=O)NC4=O)C5=O)CC3)cc2)cc(C(=O)NCc2c(C)cc(C)[nH]c2=O)c1C)C1CCOCC1. The van der Waals surface area contributed by atoms with Gasteiger partial charge in [-0.25, -0.2) is 0 Å². The van der Waals surface area contributed by atoms with E-state index in [1.54, 1.807) is 18.2 Å². The number of rotatable bonds is 18. The minimum atomic E-state index is -1.02. The number of pyridine rings is 1. The third-order valence-electron chi connectivity index (χ3n) is 14.1. The Morgan fingerprint density at radius 2 is 1.54 bits per heavy atom. The molecule has 3 fully saturated rings. The van der Waals surface area contributed by atoms with Crippen LogP contribution >= 0.6 is 0 Å². The fourth-order valence-electron chi connectivity index (χ4n) is 10.2. The van der Waals surface area contributed by atoms with E-state index in [0.717, 1.165) is 90.6 Å². The summed E-state index contributed by atoms with van der Waals surface area (Å²) >= 11 is 0. The van der Waals surface area contributed by atoms with Crippen molar-refractivity contribution in [2.75, 3.05) is 75.8 Å². The number of piperazine rings is 1. The quantitative estimate of drug-likeness (QED) is 0.0695. The van der Waals surface area contributed by atoms with Crippen molar-refractivity contribution in [2.45, 2.75) is 91.4 Å². The molecule has 4 aliphatic heterocycles. The molecule has 0 radical (unpaired) electrons. The van der Waals surface area contributed by atoms with Crippen LogP contribution in [0.3, 0.4) is 0 Å². The van der Waals surface area contributed by atoms with Crippen molar-refractivity contribution in [2.24, 2.45) is 0 Å². The predicted molar refractivity (Wildman–Crippen MR) is 267 cm³/mol. The monoisotopic (exact) mass is 955 g/mol. The third-order valence-corrected chi connectivity index (χ3v) is 14.1. The average Bonchev–Trinajstić information content (AvgIpc) is 3.60. The number of hydrogen-bond donors (Lipinski definition) is 5. The summed E-state index contributed by atoms with van der Waals surface area (Å²) in [6.45, 7) is 15.5. The number of ether oxygens (including phenoxy) is 1. The number of amides is 6. The van der Waals surface area contributed by atoms with Gasteiger partial charge in [-0.15, -0.1) is 0 Å². The van der Waals surface area contributed by atoms with E-state index in [1.807, 2.05) is 32.9 Å². The van der Waals surface area contributed by atoms with Crippen LogP contribution in [0.2, 0.25) is 0 Å². The lowest BCUT2D eigenvalue weighted by molar-refractivity contribution is -0.136. The molecule has 3 saturated heterocycles. The zero-order valence-corrected chi connectivity index (χ0v) is 40.7. The number of hydrogen-bond acceptors (Lipinski definition) is 12. The molecule has 0 spiro atoms. The third kappa shape index (κ3) is 11.3. The normalized spacial score (nSPS) is 17.9. The maximum absolute atomic E-state index is 14.0. The van der Waals surface area contributed by atoms with Crippen LogP contribution in [0.15, 0.2) is 65.5 Å². The lowest BCUT2D eigenvalue weighted by atomic mass is 9.94. The lowest BCUT2D eigenvalue weighted by Crippen LogP contribution is -2.54. The summed E-state index contributed by atoms with van der Waals surface area (Å²) in [7, 11) is 0. The molecule has 0 saturated carbocycles. The smallest absolute Gasteiger partial charge is 0.264 e. The topological polar surface area (TPSA) is 206 Å². The summed E-state index contributed by atoms with van der Waals surface area (Å²) in [4.78, 5) is 101. The van der Waals surface area contributed by atoms with Gasteiger partial charge in [0.15, 0.2) is 0 Å². The molecular weight excluding hydrogens is 891 g/mol. The number of unbranched alkanes of at least 4 members (excludes halogenated alkanes) is 1. The van der Waals surface area contributed by atoms with Gasteiger partial charge in [0.1, 0.15) is 6.04 Å². The van der Waals surface area contributed by atoms with E-state index in [0.29, 0.717) is 68.5 Å². The first kappa shape index (κ1) is 49.7. The van der Waals surface area contributed by atoms with Gasteiger partial charge in [0.05, 0.1) is 17.7 Å². The largest absolute Gasteiger partial charge is 0.384 e. The summed E-state index contributed by atoms with van der Waals surface area (Å²) in [5.74, 6) is -2.41. The Hall–Kier alpha value is -6.69. The van der Waals surface area contributed by atoms with E-state index in [1.165, 1.54) is 5.56 Å². The number of carbonyl (C=O) groups excluding carboxylic acids is 6. The van der Waals surface area contributed by atoms with Crippen molar-refractivity contribution in [1.29, 1.82) is 0 Å². The maximum Gasteiger partial charge on any atom is 0.264 e. The van der Waals surface area contributed by atoms with Crippen molar-refractivity contribution in [1.82, 2.24) is 35.6 Å². The first-order valence-corrected chi connectivity index (χ1v) is 24.6. The molecule has 0 aliphatic carbocycles. The van der Waals surface area contributed by atoms with Crippen LogP contribution in [-0.4, -0.2) is 133 Å². The van der Waals surface area contributed by atoms with Gasteiger partial charge in [-0.2, -0.15) is 0 Å². The first-order chi connectivity index (χ1) is 33.8. The molecule has 70 heavy (non-hydrogen) atoms. The van der Waals surface area contributed by atoms with Crippen molar-refractivity contribution in [3.05, 3.63) is 116 Å². The van der Waals surface area contributed by atoms with Crippen LogP contribution in [-0.2, 0) is 32.2 Å². The zero-order valence-electron chi connectivity index (χ0n) is 40.7. The molecule has 17 nitrogen and oxygen atoms in total. The van der Waals surface area contributed by atoms with Gasteiger partial charge in [-0.1, -0.05) is 30.3 Å². The van der Waals surface area contributed by atoms with Crippen molar-refractivity contribution in [3.8, 4) is 11.1 Å². The summed E-state index contributed by atoms with van der Waals surface area (Å²) in [5.41, 5.74) is 8.58. The van der Waals surface area contributed by atoms with Gasteiger partial charge >= 0.3 is 0 Å². The molecule has 0 bridgehead atoms. The molecular formula is C53H65N9O8. The molecule has 5 N–H and O–H groups in total. The van der Waals surface area contributed by atoms with E-state index in [4.69, 9.17) is 4.74 Å². The summed E-state index contributed by atoms with van der Waals surface area (Å²) in [5, 5.41) is 11.6. The van der Waals surface area contributed by atoms with E-state index in [-0.39, 0.29) is 47.9 Å². The number of aromatic nitrogens is 1. The average molecular weight is 956 g/mol. The van der Waals surface area contributed by atoms with Crippen LogP contribution in [0.4, 0.5) is 11.4 Å². The number of imide groups is 2. The second kappa shape index (κ2) is 22.4. The predicted octanol–water partition coefficient (Wildman–Crippen LogP) is 4.43. The summed E-state index contributed by atoms with van der Waals surface area (Å²) < 4.78 is 5.70. The van der Waals surface area contributed by atoms with Gasteiger partial charge in [0, 0.05) is 113 Å². The van der Waals surface area contributed by atoms with Gasteiger partial charge in [-0.3, -0.25) is 53.6 Å². The molecule has 4 aromatic rings. The molecule has 1 atom stereocenters. The minimum Gasteiger partial charge on any atom is -0.384 e. The van der Waals surface area contributed by atoms with Crippen molar-refractivity contribution in [3.63, 3.8) is 0 Å². The first-order valence-electron chi connectivity index (χ1n) is 24.6. The van der Waals surface area contributed by atoms with E-state index < -0.39 is 29.7 Å². The maximum atomic E-state index is 14.0. The number of nitrogens with one attached hydrogen (secondary N) is 5. The Morgan fingerprint density at radius 3 is 2.26 bits per heavy atom. The number of aromatic amines is 1.